The highest BCUT2D eigenvalue weighted by Crippen LogP contribution is 2.33. The van der Waals surface area contributed by atoms with Gasteiger partial charge < -0.3 is 10.4 Å². The summed E-state index contributed by atoms with van der Waals surface area (Å²) in [5.74, 6) is -0.0493. The van der Waals surface area contributed by atoms with Gasteiger partial charge in [-0.15, -0.1) is 11.3 Å². The molecule has 1 amide bonds. The summed E-state index contributed by atoms with van der Waals surface area (Å²) >= 11 is 1.54. The van der Waals surface area contributed by atoms with Crippen molar-refractivity contribution >= 4 is 27.3 Å². The maximum Gasteiger partial charge on any atom is 0.261 e. The fourth-order valence-electron chi connectivity index (χ4n) is 2.73. The predicted octanol–water partition coefficient (Wildman–Crippen LogP) is 3.91. The van der Waals surface area contributed by atoms with E-state index in [2.05, 4.69) is 48.6 Å². The first kappa shape index (κ1) is 16.7. The molecule has 0 aliphatic heterocycles. The number of fused-ring (bicyclic) bond motifs is 1. The van der Waals surface area contributed by atoms with E-state index in [1.807, 2.05) is 12.1 Å². The van der Waals surface area contributed by atoms with E-state index in [-0.39, 0.29) is 12.5 Å². The minimum Gasteiger partial charge on any atom is -0.396 e. The molecule has 2 N–H and O–H groups in total. The number of amides is 1. The number of aliphatic hydroxyl groups excluding tert-OH is 1. The van der Waals surface area contributed by atoms with E-state index >= 15 is 0 Å². The van der Waals surface area contributed by atoms with Gasteiger partial charge in [-0.1, -0.05) is 48.0 Å². The fourth-order valence-corrected chi connectivity index (χ4v) is 3.87. The third-order valence-corrected chi connectivity index (χ3v) is 5.24. The molecule has 3 aromatic rings. The lowest BCUT2D eigenvalue weighted by atomic mass is 10.0. The summed E-state index contributed by atoms with van der Waals surface area (Å²) in [7, 11) is 0. The molecule has 124 valence electrons. The van der Waals surface area contributed by atoms with Crippen LogP contribution in [-0.4, -0.2) is 24.2 Å². The lowest BCUT2D eigenvalue weighted by Gasteiger charge is -2.07. The van der Waals surface area contributed by atoms with Gasteiger partial charge in [-0.3, -0.25) is 4.79 Å². The minimum absolute atomic E-state index is 0.0493. The number of hydrogen-bond acceptors (Lipinski definition) is 3. The smallest absolute Gasteiger partial charge is 0.261 e. The van der Waals surface area contributed by atoms with Crippen molar-refractivity contribution in [2.75, 3.05) is 13.2 Å². The Hall–Kier alpha value is -2.17. The molecule has 2 aromatic carbocycles. The Kier molecular flexibility index (Phi) is 5.28. The van der Waals surface area contributed by atoms with E-state index in [4.69, 9.17) is 5.11 Å². The molecule has 3 nitrogen and oxygen atoms in total. The molecule has 0 radical (unpaired) electrons. The zero-order valence-electron chi connectivity index (χ0n) is 13.7. The zero-order valence-corrected chi connectivity index (χ0v) is 14.5. The van der Waals surface area contributed by atoms with Crippen LogP contribution in [0.15, 0.2) is 48.5 Å². The van der Waals surface area contributed by atoms with Crippen molar-refractivity contribution in [1.29, 1.82) is 0 Å². The third-order valence-electron chi connectivity index (χ3n) is 4.03. The first-order valence-corrected chi connectivity index (χ1v) is 8.95. The van der Waals surface area contributed by atoms with Crippen molar-refractivity contribution < 1.29 is 9.90 Å². The second-order valence-corrected chi connectivity index (χ2v) is 6.95. The van der Waals surface area contributed by atoms with Crippen LogP contribution in [-0.2, 0) is 6.42 Å². The molecule has 1 heterocycles. The van der Waals surface area contributed by atoms with Crippen molar-refractivity contribution in [3.8, 4) is 0 Å². The Morgan fingerprint density at radius 3 is 2.62 bits per heavy atom. The van der Waals surface area contributed by atoms with Gasteiger partial charge in [-0.2, -0.15) is 0 Å². The summed E-state index contributed by atoms with van der Waals surface area (Å²) in [6.45, 7) is 2.65. The molecular formula is C20H21NO2S. The highest BCUT2D eigenvalue weighted by atomic mass is 32.1. The monoisotopic (exact) mass is 339 g/mol. The summed E-state index contributed by atoms with van der Waals surface area (Å²) in [6.07, 6.45) is 1.32. The van der Waals surface area contributed by atoms with Crippen LogP contribution in [0.1, 0.15) is 32.8 Å². The average Bonchev–Trinajstić information content (AvgIpc) is 2.96. The summed E-state index contributed by atoms with van der Waals surface area (Å²) < 4.78 is 1.13. The quantitative estimate of drug-likeness (QED) is 0.669. The van der Waals surface area contributed by atoms with E-state index in [0.29, 0.717) is 13.0 Å². The van der Waals surface area contributed by atoms with E-state index in [9.17, 15) is 4.79 Å². The lowest BCUT2D eigenvalue weighted by Crippen LogP contribution is -2.25. The third kappa shape index (κ3) is 3.66. The number of thiophene rings is 1. The highest BCUT2D eigenvalue weighted by molar-refractivity contribution is 7.21. The maximum atomic E-state index is 12.6. The van der Waals surface area contributed by atoms with Crippen molar-refractivity contribution in [2.45, 2.75) is 19.8 Å². The van der Waals surface area contributed by atoms with Gasteiger partial charge in [-0.25, -0.2) is 0 Å². The van der Waals surface area contributed by atoms with Crippen LogP contribution in [0.3, 0.4) is 0 Å². The first-order valence-electron chi connectivity index (χ1n) is 8.14. The Labute approximate surface area is 146 Å². The number of benzene rings is 2. The normalized spacial score (nSPS) is 10.9. The zero-order chi connectivity index (χ0) is 16.9. The molecule has 0 saturated carbocycles. The molecule has 0 aliphatic rings. The van der Waals surface area contributed by atoms with Gasteiger partial charge in [0.05, 0.1) is 4.88 Å². The number of aliphatic hydroxyl groups is 1. The Morgan fingerprint density at radius 1 is 1.12 bits per heavy atom. The highest BCUT2D eigenvalue weighted by Gasteiger charge is 2.18. The standard InChI is InChI=1S/C20H21NO2S/c1-14-7-9-15(10-8-14)13-17-16-5-2-3-6-18(16)24-19(17)20(23)21-11-4-12-22/h2-3,5-10,22H,4,11-13H2,1H3,(H,21,23). The van der Waals surface area contributed by atoms with Crippen LogP contribution in [0.2, 0.25) is 0 Å². The lowest BCUT2D eigenvalue weighted by molar-refractivity contribution is 0.0954. The van der Waals surface area contributed by atoms with E-state index < -0.39 is 0 Å². The molecule has 0 aliphatic carbocycles. The summed E-state index contributed by atoms with van der Waals surface area (Å²) in [5, 5.41) is 12.9. The SMILES string of the molecule is Cc1ccc(Cc2c(C(=O)NCCCO)sc3ccccc23)cc1. The summed E-state index contributed by atoms with van der Waals surface area (Å²) in [4.78, 5) is 13.3. The molecule has 0 saturated heterocycles. The van der Waals surface area contributed by atoms with Crippen molar-refractivity contribution in [2.24, 2.45) is 0 Å². The Balaban J connectivity index is 1.95. The predicted molar refractivity (Wildman–Crippen MR) is 99.8 cm³/mol. The average molecular weight is 339 g/mol. The summed E-state index contributed by atoms with van der Waals surface area (Å²) in [6, 6.07) is 16.6. The van der Waals surface area contributed by atoms with E-state index in [0.717, 1.165) is 26.9 Å². The topological polar surface area (TPSA) is 49.3 Å². The van der Waals surface area contributed by atoms with Gasteiger partial charge in [-0.05, 0) is 42.3 Å². The first-order chi connectivity index (χ1) is 11.7. The second-order valence-electron chi connectivity index (χ2n) is 5.90. The van der Waals surface area contributed by atoms with Crippen molar-refractivity contribution in [3.05, 3.63) is 70.1 Å². The van der Waals surface area contributed by atoms with E-state index in [1.54, 1.807) is 0 Å². The molecule has 0 bridgehead atoms. The molecule has 0 atom stereocenters. The maximum absolute atomic E-state index is 12.6. The molecule has 4 heteroatoms. The number of carbonyl (C=O) groups excluding carboxylic acids is 1. The van der Waals surface area contributed by atoms with E-state index in [1.165, 1.54) is 22.5 Å². The van der Waals surface area contributed by atoms with Gasteiger partial charge in [0.1, 0.15) is 0 Å². The van der Waals surface area contributed by atoms with Gasteiger partial charge in [0.15, 0.2) is 0 Å². The Bertz CT molecular complexity index is 836. The van der Waals surface area contributed by atoms with Gasteiger partial charge in [0.2, 0.25) is 0 Å². The number of hydrogen-bond donors (Lipinski definition) is 2. The van der Waals surface area contributed by atoms with Gasteiger partial charge in [0.25, 0.3) is 5.91 Å². The molecule has 1 aromatic heterocycles. The van der Waals surface area contributed by atoms with Crippen molar-refractivity contribution in [3.63, 3.8) is 0 Å². The Morgan fingerprint density at radius 2 is 1.88 bits per heavy atom. The number of carbonyl (C=O) groups is 1. The molecule has 0 spiro atoms. The van der Waals surface area contributed by atoms with Crippen LogP contribution >= 0.6 is 11.3 Å². The minimum atomic E-state index is -0.0493. The van der Waals surface area contributed by atoms with Crippen LogP contribution < -0.4 is 5.32 Å². The molecule has 3 rings (SSSR count). The van der Waals surface area contributed by atoms with Crippen molar-refractivity contribution in [1.82, 2.24) is 5.32 Å². The van der Waals surface area contributed by atoms with Gasteiger partial charge in [0, 0.05) is 17.9 Å². The van der Waals surface area contributed by atoms with Crippen LogP contribution in [0.5, 0.6) is 0 Å². The van der Waals surface area contributed by atoms with Gasteiger partial charge >= 0.3 is 0 Å². The van der Waals surface area contributed by atoms with Crippen LogP contribution in [0, 0.1) is 6.92 Å². The number of aryl methyl sites for hydroxylation is 1. The second kappa shape index (κ2) is 7.60. The molecule has 0 unspecified atom stereocenters. The number of nitrogens with one attached hydrogen (secondary N) is 1. The molecule has 24 heavy (non-hydrogen) atoms. The largest absolute Gasteiger partial charge is 0.396 e. The van der Waals surface area contributed by atoms with Crippen LogP contribution in [0.4, 0.5) is 0 Å². The molecule has 0 fully saturated rings. The van der Waals surface area contributed by atoms with Crippen LogP contribution in [0.25, 0.3) is 10.1 Å². The fraction of sp³-hybridized carbons (Fsp3) is 0.250. The summed E-state index contributed by atoms with van der Waals surface area (Å²) in [5.41, 5.74) is 3.52. The number of rotatable bonds is 6. The molecular weight excluding hydrogens is 318 g/mol.